The fraction of sp³-hybridized carbons (Fsp3) is 0.562. The quantitative estimate of drug-likeness (QED) is 0.815. The molecule has 2 aliphatic heterocycles. The Morgan fingerprint density at radius 1 is 1.32 bits per heavy atom. The fourth-order valence-electron chi connectivity index (χ4n) is 3.49. The van der Waals surface area contributed by atoms with E-state index in [0.29, 0.717) is 6.54 Å². The minimum Gasteiger partial charge on any atom is -0.399 e. The van der Waals surface area contributed by atoms with E-state index in [4.69, 9.17) is 9.31 Å². The summed E-state index contributed by atoms with van der Waals surface area (Å²) in [5, 5.41) is 2.85. The fourth-order valence-corrected chi connectivity index (χ4v) is 3.49. The molecule has 5 nitrogen and oxygen atoms in total. The van der Waals surface area contributed by atoms with Gasteiger partial charge in [0, 0.05) is 26.1 Å². The van der Waals surface area contributed by atoms with E-state index in [2.05, 4.69) is 42.3 Å². The van der Waals surface area contributed by atoms with Crippen molar-refractivity contribution in [2.24, 2.45) is 0 Å². The number of hydrogen-bond donors (Lipinski definition) is 1. The van der Waals surface area contributed by atoms with E-state index < -0.39 is 0 Å². The summed E-state index contributed by atoms with van der Waals surface area (Å²) in [6, 6.07) is 8.31. The number of hydrogen-bond acceptors (Lipinski definition) is 4. The van der Waals surface area contributed by atoms with Crippen LogP contribution in [0.5, 0.6) is 0 Å². The summed E-state index contributed by atoms with van der Waals surface area (Å²) in [5.74, 6) is 0.103. The maximum atomic E-state index is 11.5. The number of carbonyl (C=O) groups excluding carboxylic acids is 1. The zero-order valence-corrected chi connectivity index (χ0v) is 13.1. The lowest BCUT2D eigenvalue weighted by atomic mass is 9.78. The molecular formula is C16H21BN2O3. The molecule has 22 heavy (non-hydrogen) atoms. The predicted molar refractivity (Wildman–Crippen MR) is 83.7 cm³/mol. The Morgan fingerprint density at radius 2 is 2.09 bits per heavy atom. The zero-order chi connectivity index (χ0) is 15.4. The van der Waals surface area contributed by atoms with Crippen molar-refractivity contribution >= 4 is 18.5 Å². The van der Waals surface area contributed by atoms with Gasteiger partial charge in [0.05, 0.1) is 17.7 Å². The number of rotatable bonds is 3. The standard InChI is InChI=1S/C16H21BN2O3/c1-15-11-16(15,2)22-17(21-15)13-5-3-4-12(8-13)9-19-7-6-18-14(20)10-19/h3-5,8H,6-7,9-11H2,1-2H3,(H,18,20). The average molecular weight is 300 g/mol. The van der Waals surface area contributed by atoms with Crippen molar-refractivity contribution in [1.29, 1.82) is 0 Å². The molecule has 6 heteroatoms. The van der Waals surface area contributed by atoms with E-state index in [9.17, 15) is 4.79 Å². The molecule has 1 aromatic carbocycles. The molecule has 0 radical (unpaired) electrons. The Morgan fingerprint density at radius 3 is 2.82 bits per heavy atom. The van der Waals surface area contributed by atoms with Crippen LogP contribution in [0.1, 0.15) is 25.8 Å². The highest BCUT2D eigenvalue weighted by Gasteiger charge is 2.71. The highest BCUT2D eigenvalue weighted by molar-refractivity contribution is 6.62. The molecule has 2 atom stereocenters. The van der Waals surface area contributed by atoms with Crippen molar-refractivity contribution in [3.05, 3.63) is 29.8 Å². The monoisotopic (exact) mass is 300 g/mol. The van der Waals surface area contributed by atoms with E-state index in [-0.39, 0.29) is 24.2 Å². The molecule has 4 rings (SSSR count). The highest BCUT2D eigenvalue weighted by atomic mass is 16.7. The third kappa shape index (κ3) is 2.35. The van der Waals surface area contributed by atoms with E-state index >= 15 is 0 Å². The van der Waals surface area contributed by atoms with Crippen LogP contribution in [0.15, 0.2) is 24.3 Å². The van der Waals surface area contributed by atoms with Crippen LogP contribution >= 0.6 is 0 Å². The Hall–Kier alpha value is -1.37. The third-order valence-corrected chi connectivity index (χ3v) is 5.15. The van der Waals surface area contributed by atoms with E-state index in [1.165, 1.54) is 5.56 Å². The van der Waals surface area contributed by atoms with Gasteiger partial charge in [-0.15, -0.1) is 0 Å². The van der Waals surface area contributed by atoms with Crippen LogP contribution < -0.4 is 10.8 Å². The van der Waals surface area contributed by atoms with Crippen LogP contribution in [0.2, 0.25) is 0 Å². The van der Waals surface area contributed by atoms with Gasteiger partial charge in [-0.05, 0) is 24.9 Å². The molecule has 2 unspecified atom stereocenters. The first-order chi connectivity index (χ1) is 10.5. The summed E-state index contributed by atoms with van der Waals surface area (Å²) in [5.41, 5.74) is 2.00. The van der Waals surface area contributed by atoms with Gasteiger partial charge in [0.25, 0.3) is 0 Å². The molecule has 1 aliphatic carbocycles. The molecule has 1 aromatic rings. The summed E-state index contributed by atoms with van der Waals surface area (Å²) in [4.78, 5) is 13.6. The van der Waals surface area contributed by atoms with Crippen LogP contribution in [0.25, 0.3) is 0 Å². The Balaban J connectivity index is 1.46. The van der Waals surface area contributed by atoms with Crippen molar-refractivity contribution in [3.8, 4) is 0 Å². The van der Waals surface area contributed by atoms with Gasteiger partial charge in [-0.1, -0.05) is 24.3 Å². The zero-order valence-electron chi connectivity index (χ0n) is 13.1. The summed E-state index contributed by atoms with van der Waals surface area (Å²) in [6.45, 7) is 7.10. The molecular weight excluding hydrogens is 279 g/mol. The van der Waals surface area contributed by atoms with Gasteiger partial charge in [0.1, 0.15) is 0 Å². The summed E-state index contributed by atoms with van der Waals surface area (Å²) >= 11 is 0. The smallest absolute Gasteiger partial charge is 0.399 e. The SMILES string of the molecule is CC12CC1(C)OB(c1cccc(CN3CCNC(=O)C3)c1)O2. The average Bonchev–Trinajstić information content (AvgIpc) is 2.88. The van der Waals surface area contributed by atoms with Gasteiger partial charge in [0.2, 0.25) is 5.91 Å². The lowest BCUT2D eigenvalue weighted by molar-refractivity contribution is -0.124. The van der Waals surface area contributed by atoms with Gasteiger partial charge in [0.15, 0.2) is 0 Å². The molecule has 1 amide bonds. The van der Waals surface area contributed by atoms with Crippen molar-refractivity contribution in [1.82, 2.24) is 10.2 Å². The minimum absolute atomic E-state index is 0.103. The molecule has 3 aliphatic rings. The summed E-state index contributed by atoms with van der Waals surface area (Å²) in [7, 11) is -0.270. The van der Waals surface area contributed by atoms with Gasteiger partial charge in [-0.25, -0.2) is 0 Å². The lowest BCUT2D eigenvalue weighted by Crippen LogP contribution is -2.47. The number of fused-ring (bicyclic) bond motifs is 1. The molecule has 1 saturated carbocycles. The molecule has 1 N–H and O–H groups in total. The molecule has 2 saturated heterocycles. The maximum Gasteiger partial charge on any atom is 0.494 e. The van der Waals surface area contributed by atoms with E-state index in [0.717, 1.165) is 31.5 Å². The number of amides is 1. The number of piperazine rings is 1. The number of nitrogens with zero attached hydrogens (tertiary/aromatic N) is 1. The molecule has 0 spiro atoms. The van der Waals surface area contributed by atoms with Crippen LogP contribution in [-0.2, 0) is 20.6 Å². The first kappa shape index (κ1) is 14.2. The van der Waals surface area contributed by atoms with Crippen molar-refractivity contribution < 1.29 is 14.1 Å². The third-order valence-electron chi connectivity index (χ3n) is 5.15. The van der Waals surface area contributed by atoms with Gasteiger partial charge >= 0.3 is 7.12 Å². The molecule has 2 heterocycles. The normalized spacial score (nSPS) is 34.5. The maximum absolute atomic E-state index is 11.5. The number of carbonyl (C=O) groups is 1. The van der Waals surface area contributed by atoms with Crippen LogP contribution in [0.4, 0.5) is 0 Å². The molecule has 116 valence electrons. The molecule has 0 aromatic heterocycles. The van der Waals surface area contributed by atoms with Gasteiger partial charge in [-0.2, -0.15) is 0 Å². The Labute approximate surface area is 131 Å². The van der Waals surface area contributed by atoms with Crippen molar-refractivity contribution in [2.75, 3.05) is 19.6 Å². The largest absolute Gasteiger partial charge is 0.494 e. The number of benzene rings is 1. The Bertz CT molecular complexity index is 609. The second-order valence-corrected chi connectivity index (χ2v) is 7.01. The van der Waals surface area contributed by atoms with E-state index in [1.54, 1.807) is 0 Å². The number of nitrogens with one attached hydrogen (secondary N) is 1. The second-order valence-electron chi connectivity index (χ2n) is 7.01. The van der Waals surface area contributed by atoms with Crippen LogP contribution in [-0.4, -0.2) is 48.8 Å². The van der Waals surface area contributed by atoms with E-state index in [1.807, 2.05) is 6.07 Å². The van der Waals surface area contributed by atoms with Crippen molar-refractivity contribution in [3.63, 3.8) is 0 Å². The van der Waals surface area contributed by atoms with Gasteiger partial charge < -0.3 is 14.6 Å². The minimum atomic E-state index is -0.270. The topological polar surface area (TPSA) is 50.8 Å². The first-order valence-corrected chi connectivity index (χ1v) is 7.91. The highest BCUT2D eigenvalue weighted by Crippen LogP contribution is 2.58. The molecule has 0 bridgehead atoms. The lowest BCUT2D eigenvalue weighted by Gasteiger charge is -2.26. The van der Waals surface area contributed by atoms with Crippen molar-refractivity contribution in [2.45, 2.75) is 38.0 Å². The van der Waals surface area contributed by atoms with Gasteiger partial charge in [-0.3, -0.25) is 9.69 Å². The summed E-state index contributed by atoms with van der Waals surface area (Å²) < 4.78 is 12.1. The predicted octanol–water partition coefficient (Wildman–Crippen LogP) is 0.282. The molecule has 3 fully saturated rings. The summed E-state index contributed by atoms with van der Waals surface area (Å²) in [6.07, 6.45) is 0.971. The van der Waals surface area contributed by atoms with Crippen LogP contribution in [0, 0.1) is 0 Å². The first-order valence-electron chi connectivity index (χ1n) is 7.91. The second kappa shape index (κ2) is 4.81. The van der Waals surface area contributed by atoms with Crippen LogP contribution in [0.3, 0.4) is 0 Å². The Kier molecular flexibility index (Phi) is 3.12.